The van der Waals surface area contributed by atoms with Gasteiger partial charge in [0.1, 0.15) is 0 Å². The van der Waals surface area contributed by atoms with Crippen LogP contribution < -0.4 is 11.5 Å². The summed E-state index contributed by atoms with van der Waals surface area (Å²) in [6, 6.07) is 0.101. The smallest absolute Gasteiger partial charge is 0.151 e. The molecule has 0 amide bonds. The molecule has 0 aliphatic heterocycles. The molecule has 0 aliphatic carbocycles. The van der Waals surface area contributed by atoms with E-state index in [0.717, 1.165) is 25.7 Å². The quantitative estimate of drug-likeness (QED) is 0.312. The van der Waals surface area contributed by atoms with E-state index in [-0.39, 0.29) is 6.04 Å². The molecule has 0 aromatic carbocycles. The molecule has 0 fully saturated rings. The minimum absolute atomic E-state index is 0.101. The molecule has 0 saturated carbocycles. The third-order valence-electron chi connectivity index (χ3n) is 1.84. The van der Waals surface area contributed by atoms with Crippen LogP contribution in [-0.2, 0) is 0 Å². The Morgan fingerprint density at radius 1 is 1.00 bits per heavy atom. The van der Waals surface area contributed by atoms with Crippen molar-refractivity contribution in [3.63, 3.8) is 0 Å². The molecule has 74 valence electrons. The second-order valence-electron chi connectivity index (χ2n) is 3.11. The van der Waals surface area contributed by atoms with E-state index in [1.807, 2.05) is 0 Å². The van der Waals surface area contributed by atoms with Crippen LogP contribution in [-0.4, -0.2) is 29.1 Å². The standard InChI is InChI=1S/C8H20N2O2/c9-6-7(10)4-2-1-3-5-8(11)12/h7-8,11-12H,1-6,9-10H2. The highest BCUT2D eigenvalue weighted by Gasteiger charge is 2.00. The fraction of sp³-hybridized carbons (Fsp3) is 1.00. The van der Waals surface area contributed by atoms with Gasteiger partial charge in [-0.3, -0.25) is 0 Å². The summed E-state index contributed by atoms with van der Waals surface area (Å²) in [7, 11) is 0. The van der Waals surface area contributed by atoms with E-state index >= 15 is 0 Å². The fourth-order valence-electron chi connectivity index (χ4n) is 1.03. The molecule has 0 spiro atoms. The molecular formula is C8H20N2O2. The second-order valence-corrected chi connectivity index (χ2v) is 3.11. The van der Waals surface area contributed by atoms with E-state index in [9.17, 15) is 0 Å². The summed E-state index contributed by atoms with van der Waals surface area (Å²) in [4.78, 5) is 0. The molecule has 1 atom stereocenters. The highest BCUT2D eigenvalue weighted by molar-refractivity contribution is 4.60. The van der Waals surface area contributed by atoms with Gasteiger partial charge in [0.25, 0.3) is 0 Å². The van der Waals surface area contributed by atoms with Crippen LogP contribution in [0.3, 0.4) is 0 Å². The van der Waals surface area contributed by atoms with Crippen molar-refractivity contribution in [2.24, 2.45) is 11.5 Å². The first-order valence-electron chi connectivity index (χ1n) is 4.48. The highest BCUT2D eigenvalue weighted by atomic mass is 16.5. The molecule has 4 nitrogen and oxygen atoms in total. The first-order chi connectivity index (χ1) is 5.66. The van der Waals surface area contributed by atoms with Gasteiger partial charge in [-0.1, -0.05) is 12.8 Å². The highest BCUT2D eigenvalue weighted by Crippen LogP contribution is 2.05. The normalized spacial score (nSPS) is 13.8. The van der Waals surface area contributed by atoms with Crippen molar-refractivity contribution in [2.75, 3.05) is 6.54 Å². The lowest BCUT2D eigenvalue weighted by Gasteiger charge is -2.07. The van der Waals surface area contributed by atoms with E-state index < -0.39 is 6.29 Å². The van der Waals surface area contributed by atoms with Crippen molar-refractivity contribution >= 4 is 0 Å². The van der Waals surface area contributed by atoms with Crippen molar-refractivity contribution in [3.8, 4) is 0 Å². The van der Waals surface area contributed by atoms with Crippen LogP contribution in [0.15, 0.2) is 0 Å². The van der Waals surface area contributed by atoms with Gasteiger partial charge in [-0.25, -0.2) is 0 Å². The summed E-state index contributed by atoms with van der Waals surface area (Å²) in [5, 5.41) is 17.0. The summed E-state index contributed by atoms with van der Waals surface area (Å²) in [6.45, 7) is 0.530. The van der Waals surface area contributed by atoms with Crippen LogP contribution in [0, 0.1) is 0 Å². The van der Waals surface area contributed by atoms with Crippen LogP contribution in [0.1, 0.15) is 32.1 Å². The largest absolute Gasteiger partial charge is 0.368 e. The van der Waals surface area contributed by atoms with Gasteiger partial charge >= 0.3 is 0 Å². The predicted octanol–water partition coefficient (Wildman–Crippen LogP) is -0.466. The molecule has 4 heteroatoms. The topological polar surface area (TPSA) is 92.5 Å². The minimum Gasteiger partial charge on any atom is -0.368 e. The molecule has 12 heavy (non-hydrogen) atoms. The van der Waals surface area contributed by atoms with Crippen molar-refractivity contribution in [3.05, 3.63) is 0 Å². The number of aliphatic hydroxyl groups is 2. The number of aliphatic hydroxyl groups excluding tert-OH is 1. The summed E-state index contributed by atoms with van der Waals surface area (Å²) >= 11 is 0. The van der Waals surface area contributed by atoms with Crippen molar-refractivity contribution < 1.29 is 10.2 Å². The van der Waals surface area contributed by atoms with Gasteiger partial charge < -0.3 is 21.7 Å². The van der Waals surface area contributed by atoms with Gasteiger partial charge in [-0.05, 0) is 19.3 Å². The third kappa shape index (κ3) is 7.94. The Hall–Kier alpha value is -0.160. The lowest BCUT2D eigenvalue weighted by atomic mass is 10.1. The zero-order valence-electron chi connectivity index (χ0n) is 7.45. The molecule has 0 radical (unpaired) electrons. The minimum atomic E-state index is -1.16. The van der Waals surface area contributed by atoms with Crippen LogP contribution in [0.4, 0.5) is 0 Å². The molecule has 0 heterocycles. The van der Waals surface area contributed by atoms with E-state index in [0.29, 0.717) is 13.0 Å². The maximum atomic E-state index is 8.52. The van der Waals surface area contributed by atoms with Gasteiger partial charge in [0.05, 0.1) is 0 Å². The second kappa shape index (κ2) is 7.49. The summed E-state index contributed by atoms with van der Waals surface area (Å²) in [6.07, 6.45) is 3.08. The van der Waals surface area contributed by atoms with Crippen LogP contribution in [0.2, 0.25) is 0 Å². The molecule has 0 saturated heterocycles. The van der Waals surface area contributed by atoms with Gasteiger partial charge in [0.15, 0.2) is 6.29 Å². The van der Waals surface area contributed by atoms with Gasteiger partial charge in [-0.2, -0.15) is 0 Å². The lowest BCUT2D eigenvalue weighted by molar-refractivity contribution is -0.0466. The molecular weight excluding hydrogens is 156 g/mol. The average molecular weight is 176 g/mol. The monoisotopic (exact) mass is 176 g/mol. The average Bonchev–Trinajstić information content (AvgIpc) is 2.03. The first kappa shape index (κ1) is 11.8. The van der Waals surface area contributed by atoms with Crippen LogP contribution >= 0.6 is 0 Å². The Bertz CT molecular complexity index is 99.1. The summed E-state index contributed by atoms with van der Waals surface area (Å²) in [5.74, 6) is 0. The van der Waals surface area contributed by atoms with E-state index in [4.69, 9.17) is 21.7 Å². The van der Waals surface area contributed by atoms with E-state index in [2.05, 4.69) is 0 Å². The molecule has 0 aliphatic rings. The summed E-state index contributed by atoms with van der Waals surface area (Å²) < 4.78 is 0. The third-order valence-corrected chi connectivity index (χ3v) is 1.84. The lowest BCUT2D eigenvalue weighted by Crippen LogP contribution is -2.29. The van der Waals surface area contributed by atoms with Gasteiger partial charge in [0.2, 0.25) is 0 Å². The molecule has 0 bridgehead atoms. The number of hydrogen-bond donors (Lipinski definition) is 4. The number of hydrogen-bond acceptors (Lipinski definition) is 4. The number of nitrogens with two attached hydrogens (primary N) is 2. The Morgan fingerprint density at radius 3 is 2.08 bits per heavy atom. The zero-order valence-corrected chi connectivity index (χ0v) is 7.45. The van der Waals surface area contributed by atoms with Gasteiger partial charge in [-0.15, -0.1) is 0 Å². The fourth-order valence-corrected chi connectivity index (χ4v) is 1.03. The molecule has 1 unspecified atom stereocenters. The predicted molar refractivity (Wildman–Crippen MR) is 48.3 cm³/mol. The maximum Gasteiger partial charge on any atom is 0.151 e. The van der Waals surface area contributed by atoms with Gasteiger partial charge in [0, 0.05) is 12.6 Å². The summed E-state index contributed by atoms with van der Waals surface area (Å²) in [5.41, 5.74) is 10.9. The Morgan fingerprint density at radius 2 is 1.58 bits per heavy atom. The van der Waals surface area contributed by atoms with Crippen molar-refractivity contribution in [2.45, 2.75) is 44.4 Å². The zero-order chi connectivity index (χ0) is 9.40. The van der Waals surface area contributed by atoms with Crippen molar-refractivity contribution in [1.29, 1.82) is 0 Å². The maximum absolute atomic E-state index is 8.52. The Labute approximate surface area is 73.6 Å². The van der Waals surface area contributed by atoms with Crippen molar-refractivity contribution in [1.82, 2.24) is 0 Å². The number of unbranched alkanes of at least 4 members (excludes halogenated alkanes) is 2. The van der Waals surface area contributed by atoms with E-state index in [1.165, 1.54) is 0 Å². The molecule has 0 aromatic rings. The molecule has 0 aromatic heterocycles. The van der Waals surface area contributed by atoms with Crippen LogP contribution in [0.5, 0.6) is 0 Å². The Balaban J connectivity index is 3.00. The number of rotatable bonds is 7. The Kier molecular flexibility index (Phi) is 7.39. The first-order valence-corrected chi connectivity index (χ1v) is 4.48. The van der Waals surface area contributed by atoms with E-state index in [1.54, 1.807) is 0 Å². The SMILES string of the molecule is NCC(N)CCCCCC(O)O. The molecule has 0 rings (SSSR count). The molecule has 6 N–H and O–H groups in total. The van der Waals surface area contributed by atoms with Crippen LogP contribution in [0.25, 0.3) is 0 Å².